The van der Waals surface area contributed by atoms with Gasteiger partial charge in [-0.05, 0) is 30.5 Å². The summed E-state index contributed by atoms with van der Waals surface area (Å²) in [4.78, 5) is 2.29. The van der Waals surface area contributed by atoms with Gasteiger partial charge in [0.2, 0.25) is 0 Å². The summed E-state index contributed by atoms with van der Waals surface area (Å²) in [6.45, 7) is 1.78. The van der Waals surface area contributed by atoms with Crippen molar-refractivity contribution in [2.75, 3.05) is 19.7 Å². The van der Waals surface area contributed by atoms with Crippen molar-refractivity contribution in [3.63, 3.8) is 0 Å². The van der Waals surface area contributed by atoms with Gasteiger partial charge >= 0.3 is 0 Å². The number of fused-ring (bicyclic) bond motifs is 1. The molecule has 1 aromatic rings. The summed E-state index contributed by atoms with van der Waals surface area (Å²) in [6, 6.07) is 3.86. The minimum atomic E-state index is -0.545. The van der Waals surface area contributed by atoms with Crippen molar-refractivity contribution in [1.29, 1.82) is 0 Å². The molecule has 1 saturated carbocycles. The first-order valence-electron chi connectivity index (χ1n) is 7.72. The summed E-state index contributed by atoms with van der Waals surface area (Å²) >= 11 is 0. The van der Waals surface area contributed by atoms with Gasteiger partial charge < -0.3 is 10.5 Å². The zero-order chi connectivity index (χ0) is 14.8. The van der Waals surface area contributed by atoms with E-state index in [9.17, 15) is 8.78 Å². The molecule has 1 aliphatic heterocycles. The zero-order valence-electron chi connectivity index (χ0n) is 12.1. The van der Waals surface area contributed by atoms with Crippen molar-refractivity contribution < 1.29 is 13.5 Å². The van der Waals surface area contributed by atoms with Gasteiger partial charge in [0, 0.05) is 31.2 Å². The third kappa shape index (κ3) is 3.10. The van der Waals surface area contributed by atoms with E-state index in [1.54, 1.807) is 0 Å². The lowest BCUT2D eigenvalue weighted by Crippen LogP contribution is -2.54. The van der Waals surface area contributed by atoms with E-state index in [-0.39, 0.29) is 12.1 Å². The Bertz CT molecular complexity index is 475. The molecule has 1 aromatic carbocycles. The highest BCUT2D eigenvalue weighted by molar-refractivity contribution is 5.22. The Balaban J connectivity index is 1.87. The van der Waals surface area contributed by atoms with E-state index in [4.69, 9.17) is 10.5 Å². The summed E-state index contributed by atoms with van der Waals surface area (Å²) in [6.07, 6.45) is 4.74. The predicted molar refractivity (Wildman–Crippen MR) is 76.9 cm³/mol. The Labute approximate surface area is 124 Å². The number of nitrogens with two attached hydrogens (primary N) is 1. The molecule has 5 heteroatoms. The van der Waals surface area contributed by atoms with Crippen LogP contribution in [0.3, 0.4) is 0 Å². The van der Waals surface area contributed by atoms with Gasteiger partial charge in [-0.25, -0.2) is 8.78 Å². The van der Waals surface area contributed by atoms with Crippen LogP contribution in [0.1, 0.15) is 37.3 Å². The molecule has 3 atom stereocenters. The molecule has 21 heavy (non-hydrogen) atoms. The fraction of sp³-hybridized carbons (Fsp3) is 0.625. The minimum Gasteiger partial charge on any atom is -0.375 e. The Morgan fingerprint density at radius 3 is 2.62 bits per heavy atom. The fourth-order valence-electron chi connectivity index (χ4n) is 3.74. The maximum absolute atomic E-state index is 13.5. The van der Waals surface area contributed by atoms with Gasteiger partial charge in [-0.3, -0.25) is 4.90 Å². The van der Waals surface area contributed by atoms with Gasteiger partial charge in [0.15, 0.2) is 0 Å². The number of benzene rings is 1. The average Bonchev–Trinajstić information content (AvgIpc) is 2.47. The smallest absolute Gasteiger partial charge is 0.126 e. The molecule has 0 aromatic heterocycles. The van der Waals surface area contributed by atoms with Gasteiger partial charge in [-0.1, -0.05) is 12.8 Å². The van der Waals surface area contributed by atoms with Gasteiger partial charge in [0.1, 0.15) is 11.6 Å². The molecule has 0 amide bonds. The second-order valence-electron chi connectivity index (χ2n) is 5.95. The summed E-state index contributed by atoms with van der Waals surface area (Å²) in [7, 11) is 0. The van der Waals surface area contributed by atoms with Crippen molar-refractivity contribution in [2.45, 2.75) is 43.9 Å². The summed E-state index contributed by atoms with van der Waals surface area (Å²) in [5, 5.41) is 0. The Morgan fingerprint density at radius 1 is 1.19 bits per heavy atom. The molecule has 0 bridgehead atoms. The molecule has 3 rings (SSSR count). The lowest BCUT2D eigenvalue weighted by molar-refractivity contribution is -0.102. The fourth-order valence-corrected chi connectivity index (χ4v) is 3.74. The normalized spacial score (nSPS) is 28.1. The molecule has 1 aliphatic carbocycles. The van der Waals surface area contributed by atoms with Crippen LogP contribution in [-0.4, -0.2) is 36.7 Å². The second-order valence-corrected chi connectivity index (χ2v) is 5.95. The Morgan fingerprint density at radius 2 is 1.90 bits per heavy atom. The molecule has 2 fully saturated rings. The summed E-state index contributed by atoms with van der Waals surface area (Å²) in [5.74, 6) is -1.09. The Kier molecular flexibility index (Phi) is 4.52. The van der Waals surface area contributed by atoms with Crippen molar-refractivity contribution in [1.82, 2.24) is 4.90 Å². The van der Waals surface area contributed by atoms with Gasteiger partial charge in [-0.15, -0.1) is 0 Å². The molecule has 0 spiro atoms. The number of hydrogen-bond donors (Lipinski definition) is 1. The molecule has 116 valence electrons. The molecule has 1 heterocycles. The van der Waals surface area contributed by atoms with Crippen LogP contribution >= 0.6 is 0 Å². The SMILES string of the molecule is NCC(c1cc(F)cc(F)c1)N1CCOC2CCCCC21. The Hall–Kier alpha value is -1.04. The maximum atomic E-state index is 13.5. The second kappa shape index (κ2) is 6.38. The molecule has 3 unspecified atom stereocenters. The van der Waals surface area contributed by atoms with E-state index in [2.05, 4.69) is 4.90 Å². The predicted octanol–water partition coefficient (Wildman–Crippen LogP) is 2.61. The van der Waals surface area contributed by atoms with Crippen LogP contribution in [0.15, 0.2) is 18.2 Å². The maximum Gasteiger partial charge on any atom is 0.126 e. The van der Waals surface area contributed by atoms with Crippen LogP contribution in [-0.2, 0) is 4.74 Å². The van der Waals surface area contributed by atoms with Crippen LogP contribution in [0, 0.1) is 11.6 Å². The average molecular weight is 296 g/mol. The first-order chi connectivity index (χ1) is 10.2. The van der Waals surface area contributed by atoms with E-state index in [1.165, 1.54) is 25.0 Å². The highest BCUT2D eigenvalue weighted by Crippen LogP contribution is 2.34. The number of ether oxygens (including phenoxy) is 1. The topological polar surface area (TPSA) is 38.5 Å². The van der Waals surface area contributed by atoms with Crippen LogP contribution in [0.4, 0.5) is 8.78 Å². The van der Waals surface area contributed by atoms with Crippen LogP contribution < -0.4 is 5.73 Å². The van der Waals surface area contributed by atoms with E-state index in [1.807, 2.05) is 0 Å². The van der Waals surface area contributed by atoms with Crippen molar-refractivity contribution in [3.05, 3.63) is 35.4 Å². The quantitative estimate of drug-likeness (QED) is 0.932. The third-order valence-corrected chi connectivity index (χ3v) is 4.67. The first-order valence-corrected chi connectivity index (χ1v) is 7.72. The van der Waals surface area contributed by atoms with Crippen LogP contribution in [0.2, 0.25) is 0 Å². The highest BCUT2D eigenvalue weighted by atomic mass is 19.1. The highest BCUT2D eigenvalue weighted by Gasteiger charge is 2.37. The zero-order valence-corrected chi connectivity index (χ0v) is 12.1. The third-order valence-electron chi connectivity index (χ3n) is 4.67. The number of halogens is 2. The molecule has 2 aliphatic rings. The number of nitrogens with zero attached hydrogens (tertiary/aromatic N) is 1. The molecule has 1 saturated heterocycles. The van der Waals surface area contributed by atoms with Crippen LogP contribution in [0.25, 0.3) is 0 Å². The van der Waals surface area contributed by atoms with E-state index >= 15 is 0 Å². The lowest BCUT2D eigenvalue weighted by atomic mass is 9.88. The summed E-state index contributed by atoms with van der Waals surface area (Å²) < 4.78 is 32.9. The number of rotatable bonds is 3. The minimum absolute atomic E-state index is 0.148. The standard InChI is InChI=1S/C16H22F2N2O/c17-12-7-11(8-13(18)9-12)15(10-19)20-5-6-21-16-4-2-1-3-14(16)20/h7-9,14-16H,1-6,10,19H2. The molecular weight excluding hydrogens is 274 g/mol. The number of hydrogen-bond acceptors (Lipinski definition) is 3. The van der Waals surface area contributed by atoms with Crippen molar-refractivity contribution >= 4 is 0 Å². The molecule has 2 N–H and O–H groups in total. The number of morpholine rings is 1. The van der Waals surface area contributed by atoms with Crippen molar-refractivity contribution in [3.8, 4) is 0 Å². The molecule has 0 radical (unpaired) electrons. The summed E-state index contributed by atoms with van der Waals surface area (Å²) in [5.41, 5.74) is 6.56. The monoisotopic (exact) mass is 296 g/mol. The lowest BCUT2D eigenvalue weighted by Gasteiger charge is -2.47. The van der Waals surface area contributed by atoms with Crippen LogP contribution in [0.5, 0.6) is 0 Å². The van der Waals surface area contributed by atoms with Gasteiger partial charge in [-0.2, -0.15) is 0 Å². The van der Waals surface area contributed by atoms with E-state index < -0.39 is 11.6 Å². The first kappa shape index (κ1) is 14.9. The van der Waals surface area contributed by atoms with Crippen molar-refractivity contribution in [2.24, 2.45) is 5.73 Å². The largest absolute Gasteiger partial charge is 0.375 e. The molecular formula is C16H22F2N2O. The van der Waals surface area contributed by atoms with Gasteiger partial charge in [0.05, 0.1) is 12.7 Å². The van der Waals surface area contributed by atoms with Gasteiger partial charge in [0.25, 0.3) is 0 Å². The van der Waals surface area contributed by atoms with E-state index in [0.29, 0.717) is 24.8 Å². The molecule has 3 nitrogen and oxygen atoms in total. The van der Waals surface area contributed by atoms with E-state index in [0.717, 1.165) is 25.5 Å².